The third-order valence-corrected chi connectivity index (χ3v) is 4.90. The Bertz CT molecular complexity index is 631. The lowest BCUT2D eigenvalue weighted by Gasteiger charge is -2.32. The molecule has 2 heterocycles. The van der Waals surface area contributed by atoms with Gasteiger partial charge in [0, 0.05) is 49.7 Å². The van der Waals surface area contributed by atoms with Crippen LogP contribution in [0.15, 0.2) is 29.0 Å². The van der Waals surface area contributed by atoms with Crippen molar-refractivity contribution < 1.29 is 0 Å². The molecule has 5 N–H and O–H groups in total. The van der Waals surface area contributed by atoms with E-state index in [1.807, 2.05) is 18.2 Å². The highest BCUT2D eigenvalue weighted by molar-refractivity contribution is 7.08. The first-order valence-electron chi connectivity index (χ1n) is 7.51. The van der Waals surface area contributed by atoms with Gasteiger partial charge in [-0.25, -0.2) is 5.01 Å². The molecule has 0 spiro atoms. The summed E-state index contributed by atoms with van der Waals surface area (Å²) in [6, 6.07) is 5.67. The molecule has 3 rings (SSSR count). The number of nitrogen functional groups attached to an aromatic ring is 2. The molecule has 118 valence electrons. The Morgan fingerprint density at radius 2 is 1.86 bits per heavy atom. The molecule has 1 aromatic heterocycles. The minimum atomic E-state index is 0.744. The van der Waals surface area contributed by atoms with Crippen molar-refractivity contribution >= 4 is 22.7 Å². The molecule has 0 aliphatic carbocycles. The number of thiophene rings is 1. The van der Waals surface area contributed by atoms with Gasteiger partial charge in [0.15, 0.2) is 0 Å². The van der Waals surface area contributed by atoms with Crippen LogP contribution in [-0.4, -0.2) is 43.1 Å². The van der Waals surface area contributed by atoms with Gasteiger partial charge < -0.3 is 16.4 Å². The maximum absolute atomic E-state index is 6.12. The molecule has 1 aliphatic heterocycles. The highest BCUT2D eigenvalue weighted by Gasteiger charge is 2.15. The molecular formula is C16H23N5S. The largest absolute Gasteiger partial charge is 0.399 e. The Morgan fingerprint density at radius 3 is 2.64 bits per heavy atom. The van der Waals surface area contributed by atoms with Gasteiger partial charge in [0.25, 0.3) is 0 Å². The summed E-state index contributed by atoms with van der Waals surface area (Å²) >= 11 is 1.70. The molecule has 0 amide bonds. The van der Waals surface area contributed by atoms with E-state index >= 15 is 0 Å². The van der Waals surface area contributed by atoms with Gasteiger partial charge in [0.05, 0.1) is 0 Å². The van der Waals surface area contributed by atoms with Crippen LogP contribution in [0.1, 0.15) is 5.56 Å². The summed E-state index contributed by atoms with van der Waals surface area (Å²) in [5.41, 5.74) is 20.5. The maximum Gasteiger partial charge on any atom is 0.0395 e. The minimum Gasteiger partial charge on any atom is -0.399 e. The lowest BCUT2D eigenvalue weighted by atomic mass is 10.0. The maximum atomic E-state index is 6.12. The van der Waals surface area contributed by atoms with Crippen LogP contribution in [0.5, 0.6) is 0 Å². The van der Waals surface area contributed by atoms with Gasteiger partial charge in [0.1, 0.15) is 0 Å². The number of benzene rings is 1. The fraction of sp³-hybridized carbons (Fsp3) is 0.375. The van der Waals surface area contributed by atoms with Crippen LogP contribution >= 0.6 is 11.3 Å². The van der Waals surface area contributed by atoms with Gasteiger partial charge in [-0.3, -0.25) is 5.43 Å². The van der Waals surface area contributed by atoms with Crippen molar-refractivity contribution in [2.45, 2.75) is 6.54 Å². The number of rotatable bonds is 4. The summed E-state index contributed by atoms with van der Waals surface area (Å²) in [6.45, 7) is 5.13. The van der Waals surface area contributed by atoms with E-state index in [4.69, 9.17) is 11.5 Å². The van der Waals surface area contributed by atoms with Crippen LogP contribution in [0.2, 0.25) is 0 Å². The van der Waals surface area contributed by atoms with Crippen LogP contribution in [0.3, 0.4) is 0 Å². The number of hydrogen-bond donors (Lipinski definition) is 3. The molecule has 0 radical (unpaired) electrons. The van der Waals surface area contributed by atoms with E-state index in [9.17, 15) is 0 Å². The zero-order valence-electron chi connectivity index (χ0n) is 12.9. The SMILES string of the molecule is CN1CCN(NCc2cscc2-c2cc(N)ccc2N)CC1. The van der Waals surface area contributed by atoms with Crippen LogP contribution < -0.4 is 16.9 Å². The fourth-order valence-corrected chi connectivity index (χ4v) is 3.52. The first-order valence-corrected chi connectivity index (χ1v) is 8.45. The van der Waals surface area contributed by atoms with Crippen molar-refractivity contribution in [2.24, 2.45) is 0 Å². The fourth-order valence-electron chi connectivity index (χ4n) is 2.67. The second-order valence-corrected chi connectivity index (χ2v) is 6.53. The van der Waals surface area contributed by atoms with Gasteiger partial charge in [0.2, 0.25) is 0 Å². The lowest BCUT2D eigenvalue weighted by molar-refractivity contribution is 0.102. The Morgan fingerprint density at radius 1 is 1.09 bits per heavy atom. The number of nitrogens with one attached hydrogen (secondary N) is 1. The molecule has 2 aromatic rings. The number of nitrogens with zero attached hydrogens (tertiary/aromatic N) is 2. The molecule has 5 nitrogen and oxygen atoms in total. The topological polar surface area (TPSA) is 70.5 Å². The van der Waals surface area contributed by atoms with Crippen molar-refractivity contribution in [1.29, 1.82) is 0 Å². The van der Waals surface area contributed by atoms with Gasteiger partial charge in [-0.1, -0.05) is 0 Å². The Labute approximate surface area is 135 Å². The Balaban J connectivity index is 1.71. The molecule has 1 aromatic carbocycles. The summed E-state index contributed by atoms with van der Waals surface area (Å²) < 4.78 is 0. The molecule has 22 heavy (non-hydrogen) atoms. The summed E-state index contributed by atoms with van der Waals surface area (Å²) in [5.74, 6) is 0. The number of likely N-dealkylation sites (N-methyl/N-ethyl adjacent to an activating group) is 1. The first-order chi connectivity index (χ1) is 10.6. The van der Waals surface area contributed by atoms with E-state index < -0.39 is 0 Å². The van der Waals surface area contributed by atoms with E-state index in [1.54, 1.807) is 11.3 Å². The molecule has 0 bridgehead atoms. The molecule has 6 heteroatoms. The number of piperazine rings is 1. The summed E-state index contributed by atoms with van der Waals surface area (Å²) in [7, 11) is 2.16. The summed E-state index contributed by atoms with van der Waals surface area (Å²) in [6.07, 6.45) is 0. The number of hydrazine groups is 1. The second kappa shape index (κ2) is 6.66. The minimum absolute atomic E-state index is 0.744. The van der Waals surface area contributed by atoms with E-state index in [0.29, 0.717) is 0 Å². The monoisotopic (exact) mass is 317 g/mol. The van der Waals surface area contributed by atoms with E-state index in [2.05, 4.69) is 33.1 Å². The number of anilines is 2. The third-order valence-electron chi connectivity index (χ3n) is 4.11. The summed E-state index contributed by atoms with van der Waals surface area (Å²) in [5, 5.41) is 6.62. The van der Waals surface area contributed by atoms with E-state index in [-0.39, 0.29) is 0 Å². The number of nitrogens with two attached hydrogens (primary N) is 2. The highest BCUT2D eigenvalue weighted by Crippen LogP contribution is 2.33. The van der Waals surface area contributed by atoms with Crippen molar-refractivity contribution in [3.05, 3.63) is 34.5 Å². The van der Waals surface area contributed by atoms with Gasteiger partial charge in [-0.05, 0) is 47.1 Å². The second-order valence-electron chi connectivity index (χ2n) is 5.78. The van der Waals surface area contributed by atoms with Crippen molar-refractivity contribution in [1.82, 2.24) is 15.3 Å². The van der Waals surface area contributed by atoms with E-state index in [0.717, 1.165) is 49.7 Å². The molecule has 0 saturated carbocycles. The smallest absolute Gasteiger partial charge is 0.0395 e. The van der Waals surface area contributed by atoms with Crippen LogP contribution in [0.25, 0.3) is 11.1 Å². The molecule has 1 aliphatic rings. The van der Waals surface area contributed by atoms with Crippen LogP contribution in [-0.2, 0) is 6.54 Å². The molecule has 1 fully saturated rings. The molecular weight excluding hydrogens is 294 g/mol. The van der Waals surface area contributed by atoms with E-state index in [1.165, 1.54) is 11.1 Å². The first kappa shape index (κ1) is 15.3. The van der Waals surface area contributed by atoms with Crippen LogP contribution in [0.4, 0.5) is 11.4 Å². The standard InChI is InChI=1S/C16H23N5S/c1-20-4-6-21(7-5-20)19-9-12-10-22-11-15(12)14-8-13(17)2-3-16(14)18/h2-3,8,10-11,19H,4-7,9,17-18H2,1H3. The third kappa shape index (κ3) is 3.41. The number of hydrogen-bond acceptors (Lipinski definition) is 6. The quantitative estimate of drug-likeness (QED) is 0.751. The predicted molar refractivity (Wildman–Crippen MR) is 94.5 cm³/mol. The molecule has 0 unspecified atom stereocenters. The van der Waals surface area contributed by atoms with Crippen molar-refractivity contribution in [3.63, 3.8) is 0 Å². The average molecular weight is 317 g/mol. The van der Waals surface area contributed by atoms with Crippen molar-refractivity contribution in [3.8, 4) is 11.1 Å². The van der Waals surface area contributed by atoms with Gasteiger partial charge >= 0.3 is 0 Å². The average Bonchev–Trinajstić information content (AvgIpc) is 2.97. The summed E-state index contributed by atoms with van der Waals surface area (Å²) in [4.78, 5) is 2.35. The Kier molecular flexibility index (Phi) is 4.63. The predicted octanol–water partition coefficient (Wildman–Crippen LogP) is 1.83. The zero-order chi connectivity index (χ0) is 15.5. The van der Waals surface area contributed by atoms with Gasteiger partial charge in [-0.15, -0.1) is 0 Å². The van der Waals surface area contributed by atoms with Crippen LogP contribution in [0, 0.1) is 0 Å². The zero-order valence-corrected chi connectivity index (χ0v) is 13.7. The van der Waals surface area contributed by atoms with Gasteiger partial charge in [-0.2, -0.15) is 11.3 Å². The molecule has 0 atom stereocenters. The highest BCUT2D eigenvalue weighted by atomic mass is 32.1. The molecule has 1 saturated heterocycles. The Hall–Kier alpha value is -1.60. The lowest BCUT2D eigenvalue weighted by Crippen LogP contribution is -2.50. The normalized spacial score (nSPS) is 17.0. The van der Waals surface area contributed by atoms with Crippen molar-refractivity contribution in [2.75, 3.05) is 44.7 Å².